The smallest absolute Gasteiger partial charge is 0.419 e. The molecule has 0 aromatic heterocycles. The molecule has 0 fully saturated rings. The molecule has 1 aromatic rings. The normalized spacial score (nSPS) is 14.1. The minimum atomic E-state index is -4.53. The summed E-state index contributed by atoms with van der Waals surface area (Å²) in [5.41, 5.74) is 4.67. The van der Waals surface area contributed by atoms with E-state index in [1.165, 1.54) is 30.1 Å². The number of aliphatic hydroxyl groups excluding tert-OH is 1. The highest BCUT2D eigenvalue weighted by Crippen LogP contribution is 2.35. The van der Waals surface area contributed by atoms with Crippen LogP contribution in [0.25, 0.3) is 0 Å². The molecule has 0 heterocycles. The number of ether oxygens (including phenoxy) is 1. The van der Waals surface area contributed by atoms with Gasteiger partial charge >= 0.3 is 6.18 Å². The Morgan fingerprint density at radius 1 is 1.38 bits per heavy atom. The zero-order valence-electron chi connectivity index (χ0n) is 13.7. The maximum absolute atomic E-state index is 12.8. The van der Waals surface area contributed by atoms with Crippen molar-refractivity contribution in [1.82, 2.24) is 4.90 Å². The quantitative estimate of drug-likeness (QED) is 0.754. The van der Waals surface area contributed by atoms with Crippen molar-refractivity contribution in [3.63, 3.8) is 0 Å². The van der Waals surface area contributed by atoms with Gasteiger partial charge in [-0.15, -0.1) is 0 Å². The van der Waals surface area contributed by atoms with Crippen LogP contribution >= 0.6 is 0 Å². The Balaban J connectivity index is 2.52. The highest BCUT2D eigenvalue weighted by molar-refractivity contribution is 5.75. The number of rotatable bonds is 8. The van der Waals surface area contributed by atoms with Gasteiger partial charge in [-0.05, 0) is 25.5 Å². The van der Waals surface area contributed by atoms with Crippen molar-refractivity contribution in [2.75, 3.05) is 20.2 Å². The first-order chi connectivity index (χ1) is 11.1. The third kappa shape index (κ3) is 6.76. The number of likely N-dealkylation sites (N-methyl/N-ethyl adjacent to an activating group) is 1. The number of para-hydroxylation sites is 1. The lowest BCUT2D eigenvalue weighted by Gasteiger charge is -2.22. The van der Waals surface area contributed by atoms with E-state index in [2.05, 4.69) is 0 Å². The van der Waals surface area contributed by atoms with Gasteiger partial charge in [-0.25, -0.2) is 0 Å². The lowest BCUT2D eigenvalue weighted by molar-refractivity contribution is -0.139. The molecule has 0 aliphatic carbocycles. The van der Waals surface area contributed by atoms with Gasteiger partial charge in [0.25, 0.3) is 0 Å². The van der Waals surface area contributed by atoms with Gasteiger partial charge in [0.2, 0.25) is 5.91 Å². The number of carbonyl (C=O) groups excluding carboxylic acids is 1. The highest BCUT2D eigenvalue weighted by atomic mass is 19.4. The van der Waals surface area contributed by atoms with E-state index in [0.29, 0.717) is 6.42 Å². The molecule has 0 bridgehead atoms. The summed E-state index contributed by atoms with van der Waals surface area (Å²) in [6.45, 7) is 1.40. The molecule has 2 unspecified atom stereocenters. The van der Waals surface area contributed by atoms with E-state index in [0.717, 1.165) is 6.07 Å². The van der Waals surface area contributed by atoms with Crippen molar-refractivity contribution in [2.45, 2.75) is 38.1 Å². The third-order valence-electron chi connectivity index (χ3n) is 3.35. The van der Waals surface area contributed by atoms with Gasteiger partial charge in [-0.1, -0.05) is 12.1 Å². The number of amides is 1. The van der Waals surface area contributed by atoms with Gasteiger partial charge < -0.3 is 20.5 Å². The molecular formula is C16H23F3N2O3. The summed E-state index contributed by atoms with van der Waals surface area (Å²) >= 11 is 0. The molecular weight excluding hydrogens is 325 g/mol. The van der Waals surface area contributed by atoms with E-state index >= 15 is 0 Å². The van der Waals surface area contributed by atoms with Crippen LogP contribution in [0.4, 0.5) is 13.2 Å². The minimum Gasteiger partial charge on any atom is -0.490 e. The van der Waals surface area contributed by atoms with Crippen molar-refractivity contribution in [1.29, 1.82) is 0 Å². The van der Waals surface area contributed by atoms with E-state index in [-0.39, 0.29) is 37.3 Å². The molecule has 1 rings (SSSR count). The molecule has 5 nitrogen and oxygen atoms in total. The number of nitrogens with zero attached hydrogens (tertiary/aromatic N) is 1. The van der Waals surface area contributed by atoms with Crippen LogP contribution < -0.4 is 10.5 Å². The van der Waals surface area contributed by atoms with Gasteiger partial charge in [0.15, 0.2) is 0 Å². The Morgan fingerprint density at radius 2 is 2.00 bits per heavy atom. The van der Waals surface area contributed by atoms with E-state index in [9.17, 15) is 23.1 Å². The SMILES string of the molecule is CC(N)CCC(=O)N(C)CC(O)COc1ccccc1C(F)(F)F. The molecule has 0 aliphatic rings. The molecule has 0 radical (unpaired) electrons. The summed E-state index contributed by atoms with van der Waals surface area (Å²) in [6.07, 6.45) is -4.86. The number of hydrogen-bond donors (Lipinski definition) is 2. The first-order valence-corrected chi connectivity index (χ1v) is 7.58. The van der Waals surface area contributed by atoms with Gasteiger partial charge in [0.1, 0.15) is 18.5 Å². The number of aliphatic hydroxyl groups is 1. The van der Waals surface area contributed by atoms with Crippen LogP contribution in [0.1, 0.15) is 25.3 Å². The summed E-state index contributed by atoms with van der Waals surface area (Å²) in [6, 6.07) is 4.67. The second-order valence-electron chi connectivity index (χ2n) is 5.75. The second-order valence-corrected chi connectivity index (χ2v) is 5.75. The third-order valence-corrected chi connectivity index (χ3v) is 3.35. The fraction of sp³-hybridized carbons (Fsp3) is 0.562. The number of benzene rings is 1. The number of nitrogens with two attached hydrogens (primary N) is 1. The monoisotopic (exact) mass is 348 g/mol. The highest BCUT2D eigenvalue weighted by Gasteiger charge is 2.34. The summed E-state index contributed by atoms with van der Waals surface area (Å²) in [5.74, 6) is -0.544. The van der Waals surface area contributed by atoms with Crippen LogP contribution in [0.2, 0.25) is 0 Å². The Kier molecular flexibility index (Phi) is 7.50. The van der Waals surface area contributed by atoms with Crippen LogP contribution in [0.5, 0.6) is 5.75 Å². The molecule has 136 valence electrons. The zero-order chi connectivity index (χ0) is 18.3. The first kappa shape index (κ1) is 20.2. The largest absolute Gasteiger partial charge is 0.490 e. The number of carbonyl (C=O) groups is 1. The van der Waals surface area contributed by atoms with E-state index in [1.54, 1.807) is 6.92 Å². The molecule has 0 saturated carbocycles. The average molecular weight is 348 g/mol. The molecule has 0 spiro atoms. The van der Waals surface area contributed by atoms with E-state index in [4.69, 9.17) is 10.5 Å². The van der Waals surface area contributed by atoms with Crippen molar-refractivity contribution < 1.29 is 27.8 Å². The van der Waals surface area contributed by atoms with Gasteiger partial charge in [0.05, 0.1) is 5.56 Å². The standard InChI is InChI=1S/C16H23F3N2O3/c1-11(20)7-8-15(23)21(2)9-12(22)10-24-14-6-4-3-5-13(14)16(17,18)19/h3-6,11-12,22H,7-10,20H2,1-2H3. The lowest BCUT2D eigenvalue weighted by Crippen LogP contribution is -2.37. The first-order valence-electron chi connectivity index (χ1n) is 7.58. The van der Waals surface area contributed by atoms with E-state index in [1.807, 2.05) is 0 Å². The van der Waals surface area contributed by atoms with E-state index < -0.39 is 17.8 Å². The molecule has 3 N–H and O–H groups in total. The minimum absolute atomic E-state index is 0.0357. The molecule has 2 atom stereocenters. The van der Waals surface area contributed by atoms with Crippen LogP contribution in [-0.4, -0.2) is 48.3 Å². The van der Waals surface area contributed by atoms with Crippen molar-refractivity contribution >= 4 is 5.91 Å². The maximum Gasteiger partial charge on any atom is 0.419 e. The van der Waals surface area contributed by atoms with Crippen LogP contribution in [-0.2, 0) is 11.0 Å². The molecule has 24 heavy (non-hydrogen) atoms. The van der Waals surface area contributed by atoms with Crippen molar-refractivity contribution in [3.05, 3.63) is 29.8 Å². The van der Waals surface area contributed by atoms with Gasteiger partial charge in [-0.2, -0.15) is 13.2 Å². The Labute approximate surface area is 139 Å². The Hall–Kier alpha value is -1.80. The maximum atomic E-state index is 12.8. The van der Waals surface area contributed by atoms with Gasteiger partial charge in [0, 0.05) is 26.1 Å². The average Bonchev–Trinajstić information content (AvgIpc) is 2.49. The summed E-state index contributed by atoms with van der Waals surface area (Å²) < 4.78 is 43.6. The Morgan fingerprint density at radius 3 is 2.58 bits per heavy atom. The fourth-order valence-electron chi connectivity index (χ4n) is 2.03. The van der Waals surface area contributed by atoms with Crippen LogP contribution in [0.15, 0.2) is 24.3 Å². The predicted octanol–water partition coefficient (Wildman–Crippen LogP) is 2.03. The molecule has 1 amide bonds. The Bertz CT molecular complexity index is 536. The van der Waals surface area contributed by atoms with Crippen LogP contribution in [0.3, 0.4) is 0 Å². The lowest BCUT2D eigenvalue weighted by atomic mass is 10.2. The second kappa shape index (κ2) is 8.89. The molecule has 8 heteroatoms. The molecule has 0 aliphatic heterocycles. The predicted molar refractivity (Wildman–Crippen MR) is 83.5 cm³/mol. The number of hydrogen-bond acceptors (Lipinski definition) is 4. The van der Waals surface area contributed by atoms with Crippen LogP contribution in [0, 0.1) is 0 Å². The molecule has 0 saturated heterocycles. The van der Waals surface area contributed by atoms with Crippen molar-refractivity contribution in [2.24, 2.45) is 5.73 Å². The zero-order valence-corrected chi connectivity index (χ0v) is 13.7. The topological polar surface area (TPSA) is 75.8 Å². The number of alkyl halides is 3. The fourth-order valence-corrected chi connectivity index (χ4v) is 2.03. The summed E-state index contributed by atoms with van der Waals surface area (Å²) in [5, 5.41) is 9.88. The van der Waals surface area contributed by atoms with Gasteiger partial charge in [-0.3, -0.25) is 4.79 Å². The van der Waals surface area contributed by atoms with Crippen molar-refractivity contribution in [3.8, 4) is 5.75 Å². The number of halogens is 3. The molecule has 1 aromatic carbocycles. The summed E-state index contributed by atoms with van der Waals surface area (Å²) in [4.78, 5) is 13.1. The summed E-state index contributed by atoms with van der Waals surface area (Å²) in [7, 11) is 1.51.